The van der Waals surface area contributed by atoms with Gasteiger partial charge in [0, 0.05) is 24.2 Å². The Hall–Kier alpha value is -1.10. The minimum Gasteiger partial charge on any atom is -0.320 e. The number of nitrogens with zero attached hydrogens (tertiary/aromatic N) is 2. The van der Waals surface area contributed by atoms with Crippen LogP contribution in [0.3, 0.4) is 0 Å². The molecular formula is C16H24ClN3O. The van der Waals surface area contributed by atoms with E-state index < -0.39 is 0 Å². The Bertz CT molecular complexity index is 489. The number of amides is 1. The molecule has 0 saturated carbocycles. The van der Waals surface area contributed by atoms with E-state index >= 15 is 0 Å². The lowest BCUT2D eigenvalue weighted by Gasteiger charge is -2.28. The van der Waals surface area contributed by atoms with Gasteiger partial charge in [-0.1, -0.05) is 23.7 Å². The van der Waals surface area contributed by atoms with Crippen molar-refractivity contribution in [1.29, 1.82) is 0 Å². The molecule has 1 saturated heterocycles. The van der Waals surface area contributed by atoms with Crippen molar-refractivity contribution in [3.63, 3.8) is 0 Å². The summed E-state index contributed by atoms with van der Waals surface area (Å²) in [5.41, 5.74) is 1.07. The molecule has 1 aliphatic heterocycles. The van der Waals surface area contributed by atoms with E-state index in [2.05, 4.69) is 31.1 Å². The standard InChI is InChI=1S/C16H24ClN3O/c1-11(2)19(4)9-10-20-15(18-12(3)16(20)21)13-5-7-14(17)8-6-13/h5-8,11-12,15,18H,9-10H2,1-4H3. The van der Waals surface area contributed by atoms with E-state index in [4.69, 9.17) is 11.6 Å². The highest BCUT2D eigenvalue weighted by atomic mass is 35.5. The first-order valence-corrected chi connectivity index (χ1v) is 7.80. The van der Waals surface area contributed by atoms with Crippen LogP contribution < -0.4 is 5.32 Å². The summed E-state index contributed by atoms with van der Waals surface area (Å²) >= 11 is 5.94. The number of hydrogen-bond acceptors (Lipinski definition) is 3. The molecule has 116 valence electrons. The number of carbonyl (C=O) groups excluding carboxylic acids is 1. The lowest BCUT2D eigenvalue weighted by Crippen LogP contribution is -2.39. The van der Waals surface area contributed by atoms with Gasteiger partial charge in [0.05, 0.1) is 6.04 Å². The lowest BCUT2D eigenvalue weighted by molar-refractivity contribution is -0.130. The Morgan fingerprint density at radius 2 is 1.95 bits per heavy atom. The van der Waals surface area contributed by atoms with Crippen molar-refractivity contribution < 1.29 is 4.79 Å². The summed E-state index contributed by atoms with van der Waals surface area (Å²) in [6.45, 7) is 7.81. The van der Waals surface area contributed by atoms with Gasteiger partial charge in [0.15, 0.2) is 0 Å². The third kappa shape index (κ3) is 3.76. The van der Waals surface area contributed by atoms with Crippen molar-refractivity contribution >= 4 is 17.5 Å². The Kier molecular flexibility index (Phi) is 5.25. The molecular weight excluding hydrogens is 286 g/mol. The number of halogens is 1. The second kappa shape index (κ2) is 6.77. The van der Waals surface area contributed by atoms with Crippen LogP contribution >= 0.6 is 11.6 Å². The van der Waals surface area contributed by atoms with E-state index in [1.807, 2.05) is 36.1 Å². The Morgan fingerprint density at radius 3 is 2.52 bits per heavy atom. The van der Waals surface area contributed by atoms with Crippen LogP contribution in [0.15, 0.2) is 24.3 Å². The van der Waals surface area contributed by atoms with Crippen molar-refractivity contribution in [2.24, 2.45) is 0 Å². The number of likely N-dealkylation sites (N-methyl/N-ethyl adjacent to an activating group) is 1. The smallest absolute Gasteiger partial charge is 0.241 e. The second-order valence-electron chi connectivity index (χ2n) is 5.95. The summed E-state index contributed by atoms with van der Waals surface area (Å²) in [4.78, 5) is 16.5. The average Bonchev–Trinajstić information content (AvgIpc) is 2.73. The average molecular weight is 310 g/mol. The number of hydrogen-bond donors (Lipinski definition) is 1. The highest BCUT2D eigenvalue weighted by Gasteiger charge is 2.36. The van der Waals surface area contributed by atoms with Gasteiger partial charge in [-0.2, -0.15) is 0 Å². The van der Waals surface area contributed by atoms with Crippen molar-refractivity contribution in [1.82, 2.24) is 15.1 Å². The summed E-state index contributed by atoms with van der Waals surface area (Å²) in [5.74, 6) is 0.159. The van der Waals surface area contributed by atoms with Gasteiger partial charge in [-0.25, -0.2) is 0 Å². The molecule has 5 heteroatoms. The van der Waals surface area contributed by atoms with Crippen LogP contribution in [-0.4, -0.2) is 47.9 Å². The molecule has 1 aliphatic rings. The monoisotopic (exact) mass is 309 g/mol. The third-order valence-electron chi connectivity index (χ3n) is 4.13. The largest absolute Gasteiger partial charge is 0.320 e. The zero-order chi connectivity index (χ0) is 15.6. The van der Waals surface area contributed by atoms with Crippen LogP contribution in [0.5, 0.6) is 0 Å². The molecule has 0 spiro atoms. The number of benzene rings is 1. The van der Waals surface area contributed by atoms with Crippen LogP contribution in [0, 0.1) is 0 Å². The van der Waals surface area contributed by atoms with E-state index in [0.29, 0.717) is 11.1 Å². The summed E-state index contributed by atoms with van der Waals surface area (Å²) in [5, 5.41) is 4.07. The molecule has 0 bridgehead atoms. The fourth-order valence-corrected chi connectivity index (χ4v) is 2.58. The Balaban J connectivity index is 2.11. The number of rotatable bonds is 5. The first kappa shape index (κ1) is 16.3. The maximum Gasteiger partial charge on any atom is 0.241 e. The molecule has 4 nitrogen and oxygen atoms in total. The minimum absolute atomic E-state index is 0.0645. The molecule has 1 amide bonds. The zero-order valence-electron chi connectivity index (χ0n) is 13.1. The Morgan fingerprint density at radius 1 is 1.33 bits per heavy atom. The van der Waals surface area contributed by atoms with Gasteiger partial charge in [0.25, 0.3) is 0 Å². The van der Waals surface area contributed by atoms with Gasteiger partial charge in [0.2, 0.25) is 5.91 Å². The first-order chi connectivity index (χ1) is 9.90. The van der Waals surface area contributed by atoms with E-state index in [1.165, 1.54) is 0 Å². The van der Waals surface area contributed by atoms with Gasteiger partial charge in [-0.15, -0.1) is 0 Å². The molecule has 21 heavy (non-hydrogen) atoms. The molecule has 0 aliphatic carbocycles. The second-order valence-corrected chi connectivity index (χ2v) is 6.38. The molecule has 1 aromatic carbocycles. The highest BCUT2D eigenvalue weighted by Crippen LogP contribution is 2.26. The maximum atomic E-state index is 12.4. The van der Waals surface area contributed by atoms with E-state index in [1.54, 1.807) is 0 Å². The molecule has 2 rings (SSSR count). The topological polar surface area (TPSA) is 35.6 Å². The number of nitrogens with one attached hydrogen (secondary N) is 1. The molecule has 1 fully saturated rings. The van der Waals surface area contributed by atoms with E-state index in [9.17, 15) is 4.79 Å². The molecule has 1 aromatic rings. The van der Waals surface area contributed by atoms with Crippen LogP contribution in [-0.2, 0) is 4.79 Å². The number of carbonyl (C=O) groups is 1. The zero-order valence-corrected chi connectivity index (χ0v) is 13.9. The van der Waals surface area contributed by atoms with Crippen molar-refractivity contribution in [2.45, 2.75) is 39.0 Å². The molecule has 0 radical (unpaired) electrons. The normalized spacial score (nSPS) is 22.6. The summed E-state index contributed by atoms with van der Waals surface area (Å²) in [6.07, 6.45) is -0.0645. The van der Waals surface area contributed by atoms with Gasteiger partial charge in [0.1, 0.15) is 6.17 Å². The van der Waals surface area contributed by atoms with Crippen LogP contribution in [0.25, 0.3) is 0 Å². The molecule has 1 heterocycles. The van der Waals surface area contributed by atoms with Crippen molar-refractivity contribution in [2.75, 3.05) is 20.1 Å². The van der Waals surface area contributed by atoms with Gasteiger partial charge < -0.3 is 9.80 Å². The quantitative estimate of drug-likeness (QED) is 0.908. The Labute approximate surface area is 132 Å². The lowest BCUT2D eigenvalue weighted by atomic mass is 10.1. The predicted molar refractivity (Wildman–Crippen MR) is 86.3 cm³/mol. The SMILES string of the molecule is CC1NC(c2ccc(Cl)cc2)N(CCN(C)C(C)C)C1=O. The molecule has 0 aromatic heterocycles. The highest BCUT2D eigenvalue weighted by molar-refractivity contribution is 6.30. The molecule has 1 N–H and O–H groups in total. The van der Waals surface area contributed by atoms with Crippen LogP contribution in [0.2, 0.25) is 5.02 Å². The summed E-state index contributed by atoms with van der Waals surface area (Å²) < 4.78 is 0. The van der Waals surface area contributed by atoms with Crippen molar-refractivity contribution in [3.8, 4) is 0 Å². The fraction of sp³-hybridized carbons (Fsp3) is 0.562. The van der Waals surface area contributed by atoms with Crippen LogP contribution in [0.4, 0.5) is 0 Å². The van der Waals surface area contributed by atoms with Gasteiger partial charge in [-0.05, 0) is 45.5 Å². The maximum absolute atomic E-state index is 12.4. The molecule has 2 atom stereocenters. The van der Waals surface area contributed by atoms with E-state index in [-0.39, 0.29) is 18.1 Å². The predicted octanol–water partition coefficient (Wildman–Crippen LogP) is 2.50. The fourth-order valence-electron chi connectivity index (χ4n) is 2.46. The minimum atomic E-state index is -0.143. The first-order valence-electron chi connectivity index (χ1n) is 7.42. The van der Waals surface area contributed by atoms with Crippen LogP contribution in [0.1, 0.15) is 32.5 Å². The summed E-state index contributed by atoms with van der Waals surface area (Å²) in [6, 6.07) is 8.02. The van der Waals surface area contributed by atoms with Crippen molar-refractivity contribution in [3.05, 3.63) is 34.9 Å². The van der Waals surface area contributed by atoms with Gasteiger partial charge >= 0.3 is 0 Å². The summed E-state index contributed by atoms with van der Waals surface area (Å²) in [7, 11) is 2.08. The van der Waals surface area contributed by atoms with Gasteiger partial charge in [-0.3, -0.25) is 10.1 Å². The third-order valence-corrected chi connectivity index (χ3v) is 4.39. The van der Waals surface area contributed by atoms with E-state index in [0.717, 1.165) is 18.7 Å². The molecule has 2 unspecified atom stereocenters.